The van der Waals surface area contributed by atoms with Gasteiger partial charge in [0.25, 0.3) is 0 Å². The zero-order valence-electron chi connectivity index (χ0n) is 4.70. The monoisotopic (exact) mass is 88.1 g/mol. The molecule has 0 aromatic rings. The normalized spacial score (nSPS) is 14.5. The van der Waals surface area contributed by atoms with E-state index >= 15 is 0 Å². The quantitative estimate of drug-likeness (QED) is 0.506. The SMILES string of the molecule is CCC[C@H](C)[NH3+]. The van der Waals surface area contributed by atoms with Gasteiger partial charge in [-0.05, 0) is 13.3 Å². The van der Waals surface area contributed by atoms with E-state index in [1.54, 1.807) is 0 Å². The molecule has 0 saturated heterocycles. The van der Waals surface area contributed by atoms with Crippen LogP contribution in [0.4, 0.5) is 0 Å². The van der Waals surface area contributed by atoms with Crippen molar-refractivity contribution >= 4 is 0 Å². The molecule has 0 fully saturated rings. The van der Waals surface area contributed by atoms with E-state index in [-0.39, 0.29) is 0 Å². The summed E-state index contributed by atoms with van der Waals surface area (Å²) in [5, 5.41) is 0. The molecule has 3 N–H and O–H groups in total. The van der Waals surface area contributed by atoms with Gasteiger partial charge in [-0.25, -0.2) is 0 Å². The average molecular weight is 88.2 g/mol. The molecule has 0 aliphatic heterocycles. The molecule has 0 amide bonds. The summed E-state index contributed by atoms with van der Waals surface area (Å²) in [5.41, 5.74) is 3.83. The van der Waals surface area contributed by atoms with Crippen molar-refractivity contribution in [2.24, 2.45) is 0 Å². The second kappa shape index (κ2) is 3.16. The van der Waals surface area contributed by atoms with E-state index in [1.165, 1.54) is 12.8 Å². The second-order valence-electron chi connectivity index (χ2n) is 1.89. The Morgan fingerprint density at radius 1 is 1.67 bits per heavy atom. The Kier molecular flexibility index (Phi) is 3.14. The van der Waals surface area contributed by atoms with Gasteiger partial charge >= 0.3 is 0 Å². The van der Waals surface area contributed by atoms with Crippen LogP contribution in [0.3, 0.4) is 0 Å². The Hall–Kier alpha value is -0.0400. The summed E-state index contributed by atoms with van der Waals surface area (Å²) >= 11 is 0. The molecule has 0 unspecified atom stereocenters. The summed E-state index contributed by atoms with van der Waals surface area (Å²) in [5.74, 6) is 0. The van der Waals surface area contributed by atoms with E-state index in [4.69, 9.17) is 0 Å². The van der Waals surface area contributed by atoms with Gasteiger partial charge in [0.05, 0.1) is 6.04 Å². The minimum absolute atomic E-state index is 0.648. The van der Waals surface area contributed by atoms with Gasteiger partial charge in [0.2, 0.25) is 0 Å². The first-order valence-electron chi connectivity index (χ1n) is 2.60. The molecule has 0 rings (SSSR count). The van der Waals surface area contributed by atoms with Gasteiger partial charge < -0.3 is 5.73 Å². The molecule has 0 aliphatic carbocycles. The zero-order chi connectivity index (χ0) is 4.99. The van der Waals surface area contributed by atoms with E-state index in [9.17, 15) is 0 Å². The Labute approximate surface area is 39.5 Å². The zero-order valence-corrected chi connectivity index (χ0v) is 4.70. The summed E-state index contributed by atoms with van der Waals surface area (Å²) in [4.78, 5) is 0. The van der Waals surface area contributed by atoms with Crippen molar-refractivity contribution in [3.63, 3.8) is 0 Å². The van der Waals surface area contributed by atoms with Gasteiger partial charge in [-0.1, -0.05) is 13.3 Å². The fourth-order valence-electron chi connectivity index (χ4n) is 0.493. The van der Waals surface area contributed by atoms with Crippen LogP contribution in [0.1, 0.15) is 26.7 Å². The fourth-order valence-corrected chi connectivity index (χ4v) is 0.493. The summed E-state index contributed by atoms with van der Waals surface area (Å²) in [7, 11) is 0. The Morgan fingerprint density at radius 3 is 2.17 bits per heavy atom. The Bertz CT molecular complexity index is 25.1. The molecule has 0 spiro atoms. The minimum atomic E-state index is 0.648. The molecule has 0 radical (unpaired) electrons. The van der Waals surface area contributed by atoms with Crippen molar-refractivity contribution in [1.29, 1.82) is 0 Å². The van der Waals surface area contributed by atoms with Crippen LogP contribution >= 0.6 is 0 Å². The molecule has 0 heterocycles. The van der Waals surface area contributed by atoms with E-state index < -0.39 is 0 Å². The third-order valence-corrected chi connectivity index (χ3v) is 0.781. The van der Waals surface area contributed by atoms with Gasteiger partial charge in [0.15, 0.2) is 0 Å². The highest BCUT2D eigenvalue weighted by Crippen LogP contribution is 1.86. The lowest BCUT2D eigenvalue weighted by atomic mass is 10.2. The first kappa shape index (κ1) is 5.96. The van der Waals surface area contributed by atoms with Gasteiger partial charge in [0.1, 0.15) is 0 Å². The molecular weight excluding hydrogens is 74.1 g/mol. The maximum Gasteiger partial charge on any atom is 0.0814 e. The van der Waals surface area contributed by atoms with Gasteiger partial charge in [-0.15, -0.1) is 0 Å². The van der Waals surface area contributed by atoms with Crippen molar-refractivity contribution in [2.45, 2.75) is 32.7 Å². The summed E-state index contributed by atoms with van der Waals surface area (Å²) in [6.07, 6.45) is 2.53. The molecule has 0 aromatic carbocycles. The maximum atomic E-state index is 3.83. The van der Waals surface area contributed by atoms with Crippen molar-refractivity contribution in [1.82, 2.24) is 0 Å². The molecule has 0 saturated carbocycles. The lowest BCUT2D eigenvalue weighted by molar-refractivity contribution is -0.415. The van der Waals surface area contributed by atoms with Crippen molar-refractivity contribution < 1.29 is 5.73 Å². The van der Waals surface area contributed by atoms with Crippen LogP contribution in [0.5, 0.6) is 0 Å². The van der Waals surface area contributed by atoms with Crippen molar-refractivity contribution in [2.75, 3.05) is 0 Å². The molecule has 1 heteroatoms. The first-order chi connectivity index (χ1) is 2.77. The smallest absolute Gasteiger partial charge is 0.0814 e. The van der Waals surface area contributed by atoms with E-state index in [1.807, 2.05) is 0 Å². The average Bonchev–Trinajstić information content (AvgIpc) is 1.35. The topological polar surface area (TPSA) is 27.6 Å². The van der Waals surface area contributed by atoms with Gasteiger partial charge in [-0.3, -0.25) is 0 Å². The second-order valence-corrected chi connectivity index (χ2v) is 1.89. The number of hydrogen-bond donors (Lipinski definition) is 1. The number of quaternary nitrogens is 1. The Morgan fingerprint density at radius 2 is 2.17 bits per heavy atom. The molecular formula is C5H14N+. The van der Waals surface area contributed by atoms with Crippen molar-refractivity contribution in [3.8, 4) is 0 Å². The van der Waals surface area contributed by atoms with E-state index in [0.29, 0.717) is 6.04 Å². The highest BCUT2D eigenvalue weighted by molar-refractivity contribution is 4.38. The van der Waals surface area contributed by atoms with Crippen LogP contribution in [-0.2, 0) is 0 Å². The predicted molar refractivity (Wildman–Crippen MR) is 27.3 cm³/mol. The molecule has 1 atom stereocenters. The molecule has 0 bridgehead atoms. The molecule has 6 heavy (non-hydrogen) atoms. The maximum absolute atomic E-state index is 3.83. The summed E-state index contributed by atoms with van der Waals surface area (Å²) in [6.45, 7) is 4.32. The first-order valence-corrected chi connectivity index (χ1v) is 2.60. The highest BCUT2D eigenvalue weighted by Gasteiger charge is 1.89. The number of rotatable bonds is 2. The van der Waals surface area contributed by atoms with Crippen LogP contribution in [0, 0.1) is 0 Å². The molecule has 38 valence electrons. The van der Waals surface area contributed by atoms with Gasteiger partial charge in [0, 0.05) is 0 Å². The largest absolute Gasteiger partial charge is 0.355 e. The van der Waals surface area contributed by atoms with Crippen LogP contribution in [0.15, 0.2) is 0 Å². The van der Waals surface area contributed by atoms with Crippen LogP contribution in [0.2, 0.25) is 0 Å². The fraction of sp³-hybridized carbons (Fsp3) is 1.00. The summed E-state index contributed by atoms with van der Waals surface area (Å²) < 4.78 is 0. The number of hydrogen-bond acceptors (Lipinski definition) is 0. The third-order valence-electron chi connectivity index (χ3n) is 0.781. The van der Waals surface area contributed by atoms with Crippen LogP contribution < -0.4 is 5.73 Å². The standard InChI is InChI=1S/C5H13N/c1-3-4-5(2)6/h5H,3-4,6H2,1-2H3/p+1/t5-/m0/s1. The Balaban J connectivity index is 2.63. The summed E-state index contributed by atoms with van der Waals surface area (Å²) in [6, 6.07) is 0.648. The third kappa shape index (κ3) is 3.96. The minimum Gasteiger partial charge on any atom is -0.355 e. The predicted octanol–water partition coefficient (Wildman–Crippen LogP) is 0.417. The van der Waals surface area contributed by atoms with Crippen LogP contribution in [-0.4, -0.2) is 6.04 Å². The van der Waals surface area contributed by atoms with Crippen molar-refractivity contribution in [3.05, 3.63) is 0 Å². The van der Waals surface area contributed by atoms with Gasteiger partial charge in [-0.2, -0.15) is 0 Å². The lowest BCUT2D eigenvalue weighted by Gasteiger charge is -1.93. The molecule has 1 nitrogen and oxygen atoms in total. The molecule has 0 aliphatic rings. The molecule has 0 aromatic heterocycles. The highest BCUT2D eigenvalue weighted by atomic mass is 14.6. The van der Waals surface area contributed by atoms with E-state index in [2.05, 4.69) is 19.6 Å². The van der Waals surface area contributed by atoms with E-state index in [0.717, 1.165) is 0 Å². The van der Waals surface area contributed by atoms with Crippen LogP contribution in [0.25, 0.3) is 0 Å². The lowest BCUT2D eigenvalue weighted by Crippen LogP contribution is -2.58.